The maximum absolute atomic E-state index is 10.8. The number of rotatable bonds is 4. The molecule has 0 aromatic rings. The van der Waals surface area contributed by atoms with E-state index in [0.717, 1.165) is 0 Å². The van der Waals surface area contributed by atoms with Gasteiger partial charge < -0.3 is 14.8 Å². The van der Waals surface area contributed by atoms with E-state index in [4.69, 9.17) is 21.7 Å². The van der Waals surface area contributed by atoms with Crippen molar-refractivity contribution in [2.45, 2.75) is 6.92 Å². The van der Waals surface area contributed by atoms with Gasteiger partial charge in [0, 0.05) is 12.6 Å². The fourth-order valence-electron chi connectivity index (χ4n) is 0.464. The van der Waals surface area contributed by atoms with Crippen molar-refractivity contribution in [3.05, 3.63) is 12.2 Å². The molecule has 0 saturated carbocycles. The SMILES string of the molecule is C=C(C)C(=O)OCCOC(=S)NC. The first-order chi connectivity index (χ1) is 6.07. The van der Waals surface area contributed by atoms with Crippen LogP contribution in [0.4, 0.5) is 0 Å². The molecule has 0 radical (unpaired) electrons. The molecular weight excluding hydrogens is 190 g/mol. The van der Waals surface area contributed by atoms with Crippen LogP contribution in [0, 0.1) is 0 Å². The summed E-state index contributed by atoms with van der Waals surface area (Å²) in [4.78, 5) is 10.8. The second-order valence-electron chi connectivity index (χ2n) is 2.30. The molecule has 1 N–H and O–H groups in total. The van der Waals surface area contributed by atoms with Gasteiger partial charge in [0.2, 0.25) is 0 Å². The summed E-state index contributed by atoms with van der Waals surface area (Å²) in [7, 11) is 1.65. The average molecular weight is 203 g/mol. The lowest BCUT2D eigenvalue weighted by atomic mass is 10.4. The molecule has 0 aliphatic carbocycles. The molecule has 0 aliphatic rings. The minimum atomic E-state index is -0.418. The third-order valence-electron chi connectivity index (χ3n) is 1.10. The Hall–Kier alpha value is -1.10. The Balaban J connectivity index is 3.41. The second-order valence-corrected chi connectivity index (χ2v) is 2.67. The lowest BCUT2D eigenvalue weighted by Crippen LogP contribution is -2.21. The van der Waals surface area contributed by atoms with Gasteiger partial charge in [0.05, 0.1) is 0 Å². The van der Waals surface area contributed by atoms with Crippen molar-refractivity contribution in [1.29, 1.82) is 0 Å². The molecule has 0 saturated heterocycles. The fourth-order valence-corrected chi connectivity index (χ4v) is 0.547. The standard InChI is InChI=1S/C8H13NO3S/c1-6(2)7(10)11-4-5-12-8(13)9-3/h1,4-5H2,2-3H3,(H,9,13). The van der Waals surface area contributed by atoms with Gasteiger partial charge in [-0.2, -0.15) is 0 Å². The molecule has 0 heterocycles. The molecule has 74 valence electrons. The molecule has 0 aromatic heterocycles. The molecule has 0 rings (SSSR count). The van der Waals surface area contributed by atoms with E-state index in [-0.39, 0.29) is 18.4 Å². The quantitative estimate of drug-likeness (QED) is 0.314. The second kappa shape index (κ2) is 6.42. The van der Waals surface area contributed by atoms with Crippen LogP contribution < -0.4 is 5.32 Å². The van der Waals surface area contributed by atoms with Crippen molar-refractivity contribution < 1.29 is 14.3 Å². The van der Waals surface area contributed by atoms with Gasteiger partial charge in [-0.05, 0) is 19.1 Å². The smallest absolute Gasteiger partial charge is 0.333 e. The summed E-state index contributed by atoms with van der Waals surface area (Å²) in [5.74, 6) is -0.418. The average Bonchev–Trinajstić information content (AvgIpc) is 2.11. The van der Waals surface area contributed by atoms with Crippen molar-refractivity contribution in [3.8, 4) is 0 Å². The number of hydrogen-bond donors (Lipinski definition) is 1. The summed E-state index contributed by atoms with van der Waals surface area (Å²) in [6.07, 6.45) is 0. The number of carbonyl (C=O) groups excluding carboxylic acids is 1. The van der Waals surface area contributed by atoms with Crippen molar-refractivity contribution in [2.75, 3.05) is 20.3 Å². The van der Waals surface area contributed by atoms with Gasteiger partial charge in [-0.3, -0.25) is 0 Å². The van der Waals surface area contributed by atoms with E-state index in [1.165, 1.54) is 0 Å². The Bertz CT molecular complexity index is 215. The highest BCUT2D eigenvalue weighted by Crippen LogP contribution is 1.91. The van der Waals surface area contributed by atoms with E-state index in [0.29, 0.717) is 5.57 Å². The molecule has 0 aliphatic heterocycles. The van der Waals surface area contributed by atoms with Gasteiger partial charge >= 0.3 is 5.97 Å². The summed E-state index contributed by atoms with van der Waals surface area (Å²) in [6, 6.07) is 0. The largest absolute Gasteiger partial charge is 0.467 e. The number of thiocarbonyl (C=S) groups is 1. The molecule has 4 nitrogen and oxygen atoms in total. The third-order valence-corrected chi connectivity index (χ3v) is 1.42. The van der Waals surface area contributed by atoms with Gasteiger partial charge in [-0.15, -0.1) is 0 Å². The van der Waals surface area contributed by atoms with E-state index in [9.17, 15) is 4.79 Å². The van der Waals surface area contributed by atoms with Crippen LogP contribution in [0.15, 0.2) is 12.2 Å². The van der Waals surface area contributed by atoms with Gasteiger partial charge in [0.25, 0.3) is 5.17 Å². The molecule has 0 bridgehead atoms. The number of ether oxygens (including phenoxy) is 2. The number of nitrogens with one attached hydrogen (secondary N) is 1. The van der Waals surface area contributed by atoms with Crippen LogP contribution in [0.1, 0.15) is 6.92 Å². The number of carbonyl (C=O) groups is 1. The highest BCUT2D eigenvalue weighted by Gasteiger charge is 2.02. The van der Waals surface area contributed by atoms with Crippen molar-refractivity contribution in [1.82, 2.24) is 5.32 Å². The molecule has 0 unspecified atom stereocenters. The van der Waals surface area contributed by atoms with E-state index in [1.54, 1.807) is 14.0 Å². The van der Waals surface area contributed by atoms with Crippen molar-refractivity contribution in [2.24, 2.45) is 0 Å². The molecule has 0 aromatic carbocycles. The highest BCUT2D eigenvalue weighted by atomic mass is 32.1. The topological polar surface area (TPSA) is 47.6 Å². The van der Waals surface area contributed by atoms with Gasteiger partial charge in [-0.25, -0.2) is 4.79 Å². The minimum Gasteiger partial charge on any atom is -0.467 e. The molecule has 0 spiro atoms. The minimum absolute atomic E-state index is 0.174. The summed E-state index contributed by atoms with van der Waals surface area (Å²) in [5.41, 5.74) is 0.371. The summed E-state index contributed by atoms with van der Waals surface area (Å²) in [5, 5.41) is 2.91. The first-order valence-electron chi connectivity index (χ1n) is 3.75. The molecule has 0 atom stereocenters. The predicted molar refractivity (Wildman–Crippen MR) is 53.4 cm³/mol. The Kier molecular flexibility index (Phi) is 5.88. The predicted octanol–water partition coefficient (Wildman–Crippen LogP) is 0.627. The Labute approximate surface area is 82.9 Å². The van der Waals surface area contributed by atoms with Crippen LogP contribution in [0.5, 0.6) is 0 Å². The van der Waals surface area contributed by atoms with E-state index < -0.39 is 5.97 Å². The number of hydrogen-bond acceptors (Lipinski definition) is 4. The van der Waals surface area contributed by atoms with E-state index in [1.807, 2.05) is 0 Å². The fraction of sp³-hybridized carbons (Fsp3) is 0.500. The van der Waals surface area contributed by atoms with Crippen LogP contribution in [0.3, 0.4) is 0 Å². The summed E-state index contributed by atoms with van der Waals surface area (Å²) in [6.45, 7) is 5.44. The van der Waals surface area contributed by atoms with Gasteiger partial charge in [0.15, 0.2) is 0 Å². The van der Waals surface area contributed by atoms with Crippen LogP contribution in [0.25, 0.3) is 0 Å². The molecule has 5 heteroatoms. The monoisotopic (exact) mass is 203 g/mol. The lowest BCUT2D eigenvalue weighted by molar-refractivity contribution is -0.139. The highest BCUT2D eigenvalue weighted by molar-refractivity contribution is 7.80. The Morgan fingerprint density at radius 3 is 2.46 bits per heavy atom. The Morgan fingerprint density at radius 2 is 2.00 bits per heavy atom. The zero-order valence-electron chi connectivity index (χ0n) is 7.75. The summed E-state index contributed by atoms with van der Waals surface area (Å²) < 4.78 is 9.68. The normalized spacial score (nSPS) is 8.77. The Morgan fingerprint density at radius 1 is 1.46 bits per heavy atom. The van der Waals surface area contributed by atoms with Crippen molar-refractivity contribution in [3.63, 3.8) is 0 Å². The first kappa shape index (κ1) is 11.9. The maximum atomic E-state index is 10.8. The first-order valence-corrected chi connectivity index (χ1v) is 4.16. The van der Waals surface area contributed by atoms with Gasteiger partial charge in [-0.1, -0.05) is 6.58 Å². The molecular formula is C8H13NO3S. The third kappa shape index (κ3) is 6.10. The van der Waals surface area contributed by atoms with Crippen molar-refractivity contribution >= 4 is 23.4 Å². The molecule has 13 heavy (non-hydrogen) atoms. The van der Waals surface area contributed by atoms with E-state index in [2.05, 4.69) is 11.9 Å². The van der Waals surface area contributed by atoms with E-state index >= 15 is 0 Å². The van der Waals surface area contributed by atoms with Crippen LogP contribution >= 0.6 is 12.2 Å². The van der Waals surface area contributed by atoms with Crippen LogP contribution in [-0.2, 0) is 14.3 Å². The molecule has 0 amide bonds. The molecule has 0 fully saturated rings. The number of esters is 1. The van der Waals surface area contributed by atoms with Crippen LogP contribution in [-0.4, -0.2) is 31.4 Å². The zero-order chi connectivity index (χ0) is 10.3. The van der Waals surface area contributed by atoms with Crippen LogP contribution in [0.2, 0.25) is 0 Å². The zero-order valence-corrected chi connectivity index (χ0v) is 8.57. The van der Waals surface area contributed by atoms with Gasteiger partial charge in [0.1, 0.15) is 13.2 Å². The maximum Gasteiger partial charge on any atom is 0.333 e. The lowest BCUT2D eigenvalue weighted by Gasteiger charge is -2.06. The summed E-state index contributed by atoms with van der Waals surface area (Å²) >= 11 is 4.69.